The summed E-state index contributed by atoms with van der Waals surface area (Å²) < 4.78 is 12.9. The maximum absolute atomic E-state index is 12.9. The van der Waals surface area contributed by atoms with Crippen LogP contribution < -0.4 is 5.32 Å². The summed E-state index contributed by atoms with van der Waals surface area (Å²) in [4.78, 5) is 0. The molecular weight excluding hydrogens is 141 g/mol. The summed E-state index contributed by atoms with van der Waals surface area (Å²) in [5, 5.41) is 3.41. The lowest BCUT2D eigenvalue weighted by molar-refractivity contribution is 0.136. The molecule has 2 rings (SSSR count). The van der Waals surface area contributed by atoms with Crippen molar-refractivity contribution >= 4 is 0 Å². The highest BCUT2D eigenvalue weighted by atomic mass is 19.1. The molecule has 2 heteroatoms. The zero-order valence-electron chi connectivity index (χ0n) is 6.85. The Morgan fingerprint density at radius 1 is 1.18 bits per heavy atom. The van der Waals surface area contributed by atoms with Crippen molar-refractivity contribution in [3.63, 3.8) is 0 Å². The predicted octanol–water partition coefficient (Wildman–Crippen LogP) is 1.88. The molecule has 0 aromatic rings. The van der Waals surface area contributed by atoms with Crippen LogP contribution in [0.3, 0.4) is 0 Å². The highest BCUT2D eigenvalue weighted by Crippen LogP contribution is 2.31. The third kappa shape index (κ3) is 1.56. The molecule has 11 heavy (non-hydrogen) atoms. The number of hydrogen-bond donors (Lipinski definition) is 1. The summed E-state index contributed by atoms with van der Waals surface area (Å²) in [7, 11) is 0. The fraction of sp³-hybridized carbons (Fsp3) is 1.00. The maximum atomic E-state index is 12.9. The van der Waals surface area contributed by atoms with Gasteiger partial charge in [0.2, 0.25) is 0 Å². The molecular formula is C9H16FN. The number of fused-ring (bicyclic) bond motifs is 1. The molecule has 3 unspecified atom stereocenters. The van der Waals surface area contributed by atoms with Gasteiger partial charge in [-0.2, -0.15) is 0 Å². The van der Waals surface area contributed by atoms with Crippen molar-refractivity contribution in [3.8, 4) is 0 Å². The Labute approximate surface area is 67.4 Å². The van der Waals surface area contributed by atoms with Gasteiger partial charge in [-0.1, -0.05) is 0 Å². The molecule has 1 aliphatic heterocycles. The van der Waals surface area contributed by atoms with Gasteiger partial charge in [-0.3, -0.25) is 0 Å². The van der Waals surface area contributed by atoms with Gasteiger partial charge in [0.1, 0.15) is 6.17 Å². The van der Waals surface area contributed by atoms with Crippen LogP contribution in [0, 0.1) is 5.92 Å². The van der Waals surface area contributed by atoms with Gasteiger partial charge in [0.15, 0.2) is 0 Å². The first-order chi connectivity index (χ1) is 5.36. The molecule has 64 valence electrons. The predicted molar refractivity (Wildman–Crippen MR) is 43.3 cm³/mol. The van der Waals surface area contributed by atoms with Crippen molar-refractivity contribution in [2.45, 2.75) is 44.3 Å². The first-order valence-electron chi connectivity index (χ1n) is 4.74. The first-order valence-corrected chi connectivity index (χ1v) is 4.74. The monoisotopic (exact) mass is 157 g/mol. The molecule has 0 bridgehead atoms. The van der Waals surface area contributed by atoms with Gasteiger partial charge < -0.3 is 5.32 Å². The van der Waals surface area contributed by atoms with E-state index in [4.69, 9.17) is 0 Å². The molecule has 0 radical (unpaired) electrons. The van der Waals surface area contributed by atoms with E-state index in [0.717, 1.165) is 31.7 Å². The zero-order chi connectivity index (χ0) is 7.68. The average Bonchev–Trinajstić information content (AvgIpc) is 2.04. The standard InChI is InChI=1S/C9H16FN/c10-8-4-3-7-2-1-5-11-9(7)6-8/h7-9,11H,1-6H2. The summed E-state index contributed by atoms with van der Waals surface area (Å²) in [5.41, 5.74) is 0. The van der Waals surface area contributed by atoms with E-state index in [-0.39, 0.29) is 0 Å². The molecule has 3 atom stereocenters. The molecule has 1 aliphatic carbocycles. The number of alkyl halides is 1. The van der Waals surface area contributed by atoms with Crippen LogP contribution in [-0.4, -0.2) is 18.8 Å². The third-order valence-corrected chi connectivity index (χ3v) is 3.09. The van der Waals surface area contributed by atoms with Crippen LogP contribution in [0.4, 0.5) is 4.39 Å². The normalized spacial score (nSPS) is 45.0. The Kier molecular flexibility index (Phi) is 2.12. The zero-order valence-corrected chi connectivity index (χ0v) is 6.85. The summed E-state index contributed by atoms with van der Waals surface area (Å²) in [6.07, 6.45) is 4.77. The van der Waals surface area contributed by atoms with E-state index in [0.29, 0.717) is 6.04 Å². The van der Waals surface area contributed by atoms with Gasteiger partial charge in [0.05, 0.1) is 0 Å². The van der Waals surface area contributed by atoms with E-state index in [2.05, 4.69) is 5.32 Å². The second-order valence-electron chi connectivity index (χ2n) is 3.87. The number of halogens is 1. The van der Waals surface area contributed by atoms with Crippen LogP contribution in [0.5, 0.6) is 0 Å². The second-order valence-corrected chi connectivity index (χ2v) is 3.87. The van der Waals surface area contributed by atoms with Gasteiger partial charge >= 0.3 is 0 Å². The lowest BCUT2D eigenvalue weighted by Gasteiger charge is -2.37. The Morgan fingerprint density at radius 3 is 3.00 bits per heavy atom. The molecule has 0 spiro atoms. The summed E-state index contributed by atoms with van der Waals surface area (Å²) in [6.45, 7) is 1.11. The Morgan fingerprint density at radius 2 is 2.09 bits per heavy atom. The minimum absolute atomic E-state index is 0.507. The highest BCUT2D eigenvalue weighted by Gasteiger charge is 2.31. The second kappa shape index (κ2) is 3.10. The van der Waals surface area contributed by atoms with Gasteiger partial charge in [-0.15, -0.1) is 0 Å². The molecule has 0 amide bonds. The van der Waals surface area contributed by atoms with E-state index in [1.807, 2.05) is 0 Å². The van der Waals surface area contributed by atoms with Crippen molar-refractivity contribution in [3.05, 3.63) is 0 Å². The maximum Gasteiger partial charge on any atom is 0.102 e. The largest absolute Gasteiger partial charge is 0.314 e. The van der Waals surface area contributed by atoms with Crippen LogP contribution in [0.15, 0.2) is 0 Å². The number of piperidine rings is 1. The van der Waals surface area contributed by atoms with E-state index in [1.165, 1.54) is 12.8 Å². The fourth-order valence-corrected chi connectivity index (χ4v) is 2.43. The van der Waals surface area contributed by atoms with E-state index in [1.54, 1.807) is 0 Å². The Bertz CT molecular complexity index is 138. The molecule has 2 fully saturated rings. The molecule has 0 aromatic heterocycles. The van der Waals surface area contributed by atoms with Crippen LogP contribution in [-0.2, 0) is 0 Å². The van der Waals surface area contributed by atoms with Crippen molar-refractivity contribution in [2.24, 2.45) is 5.92 Å². The minimum atomic E-state index is -0.526. The van der Waals surface area contributed by atoms with Crippen molar-refractivity contribution in [1.82, 2.24) is 5.32 Å². The van der Waals surface area contributed by atoms with Crippen LogP contribution in [0.1, 0.15) is 32.1 Å². The molecule has 2 aliphatic rings. The van der Waals surface area contributed by atoms with Crippen LogP contribution in [0.25, 0.3) is 0 Å². The van der Waals surface area contributed by atoms with Gasteiger partial charge in [0.25, 0.3) is 0 Å². The SMILES string of the molecule is FC1CCC2CCCNC2C1. The number of rotatable bonds is 0. The number of hydrogen-bond acceptors (Lipinski definition) is 1. The third-order valence-electron chi connectivity index (χ3n) is 3.09. The van der Waals surface area contributed by atoms with Crippen molar-refractivity contribution in [2.75, 3.05) is 6.54 Å². The van der Waals surface area contributed by atoms with Crippen LogP contribution in [0.2, 0.25) is 0 Å². The van der Waals surface area contributed by atoms with Crippen molar-refractivity contribution < 1.29 is 4.39 Å². The average molecular weight is 157 g/mol. The molecule has 1 saturated heterocycles. The first kappa shape index (κ1) is 7.53. The highest BCUT2D eigenvalue weighted by molar-refractivity contribution is 4.87. The summed E-state index contributed by atoms with van der Waals surface area (Å²) in [6, 6.07) is 0.507. The molecule has 0 aromatic carbocycles. The molecule has 1 heterocycles. The molecule has 1 N–H and O–H groups in total. The Hall–Kier alpha value is -0.110. The van der Waals surface area contributed by atoms with Gasteiger partial charge in [-0.25, -0.2) is 4.39 Å². The topological polar surface area (TPSA) is 12.0 Å². The van der Waals surface area contributed by atoms with Gasteiger partial charge in [0, 0.05) is 6.04 Å². The minimum Gasteiger partial charge on any atom is -0.314 e. The van der Waals surface area contributed by atoms with E-state index in [9.17, 15) is 4.39 Å². The summed E-state index contributed by atoms with van der Waals surface area (Å²) in [5.74, 6) is 0.788. The molecule has 1 saturated carbocycles. The lowest BCUT2D eigenvalue weighted by atomic mass is 9.79. The fourth-order valence-electron chi connectivity index (χ4n) is 2.43. The lowest BCUT2D eigenvalue weighted by Crippen LogP contribution is -2.45. The van der Waals surface area contributed by atoms with E-state index < -0.39 is 6.17 Å². The number of nitrogens with one attached hydrogen (secondary N) is 1. The molecule has 1 nitrogen and oxygen atoms in total. The van der Waals surface area contributed by atoms with E-state index >= 15 is 0 Å². The summed E-state index contributed by atoms with van der Waals surface area (Å²) >= 11 is 0. The quantitative estimate of drug-likeness (QED) is 0.566. The smallest absolute Gasteiger partial charge is 0.102 e. The van der Waals surface area contributed by atoms with Crippen molar-refractivity contribution in [1.29, 1.82) is 0 Å². The van der Waals surface area contributed by atoms with Crippen LogP contribution >= 0.6 is 0 Å². The Balaban J connectivity index is 1.93. The van der Waals surface area contributed by atoms with Gasteiger partial charge in [-0.05, 0) is 44.6 Å².